The number of ether oxygens (including phenoxy) is 4. The molecule has 8 nitrogen and oxygen atoms in total. The first-order chi connectivity index (χ1) is 11.7. The van der Waals surface area contributed by atoms with Crippen LogP contribution >= 0.6 is 0 Å². The van der Waals surface area contributed by atoms with Gasteiger partial charge in [-0.1, -0.05) is 30.3 Å². The summed E-state index contributed by atoms with van der Waals surface area (Å²) in [6, 6.07) is 9.41. The molecular formula is C16H23NO7. The Morgan fingerprint density at radius 3 is 2.21 bits per heavy atom. The highest BCUT2D eigenvalue weighted by Crippen LogP contribution is 2.00. The van der Waals surface area contributed by atoms with Crippen LogP contribution in [0.15, 0.2) is 30.3 Å². The van der Waals surface area contributed by atoms with E-state index in [1.807, 2.05) is 30.3 Å². The highest BCUT2D eigenvalue weighted by Gasteiger charge is 2.01. The number of nitrogens with one attached hydrogen (secondary N) is 1. The summed E-state index contributed by atoms with van der Waals surface area (Å²) in [6.45, 7) is 1.86. The molecule has 8 heteroatoms. The molecule has 0 heterocycles. The zero-order valence-electron chi connectivity index (χ0n) is 13.4. The minimum absolute atomic E-state index is 0.223. The van der Waals surface area contributed by atoms with Crippen molar-refractivity contribution in [1.29, 1.82) is 0 Å². The number of carbonyl (C=O) groups is 2. The number of carbonyl (C=O) groups excluding carboxylic acids is 1. The Balaban J connectivity index is 1.84. The van der Waals surface area contributed by atoms with Crippen LogP contribution in [0.5, 0.6) is 0 Å². The van der Waals surface area contributed by atoms with E-state index in [9.17, 15) is 9.59 Å². The van der Waals surface area contributed by atoms with Gasteiger partial charge in [0.15, 0.2) is 0 Å². The van der Waals surface area contributed by atoms with Gasteiger partial charge in [-0.2, -0.15) is 0 Å². The number of rotatable bonds is 13. The molecule has 0 aromatic heterocycles. The first-order valence-electron chi connectivity index (χ1n) is 7.58. The molecule has 0 atom stereocenters. The fourth-order valence-electron chi connectivity index (χ4n) is 1.60. The standard InChI is InChI=1S/C16H23NO7/c18-15(19)13-23-11-10-22-9-8-21-7-6-17-16(20)24-12-14-4-2-1-3-5-14/h1-5H,6-13H2,(H,17,20)(H,18,19). The number of alkyl carbamates (subject to hydrolysis) is 1. The lowest BCUT2D eigenvalue weighted by Crippen LogP contribution is -2.28. The molecule has 0 bridgehead atoms. The fourth-order valence-corrected chi connectivity index (χ4v) is 1.60. The number of amides is 1. The molecule has 0 aliphatic heterocycles. The Labute approximate surface area is 140 Å². The molecule has 0 aliphatic carbocycles. The average Bonchev–Trinajstić information content (AvgIpc) is 2.58. The van der Waals surface area contributed by atoms with E-state index in [2.05, 4.69) is 5.32 Å². The van der Waals surface area contributed by atoms with Gasteiger partial charge in [-0.25, -0.2) is 9.59 Å². The fraction of sp³-hybridized carbons (Fsp3) is 0.500. The molecule has 0 aliphatic rings. The molecule has 1 amide bonds. The summed E-state index contributed by atoms with van der Waals surface area (Å²) in [4.78, 5) is 21.6. The lowest BCUT2D eigenvalue weighted by molar-refractivity contribution is -0.142. The first-order valence-corrected chi connectivity index (χ1v) is 7.58. The molecule has 0 fully saturated rings. The van der Waals surface area contributed by atoms with Gasteiger partial charge in [0.05, 0.1) is 33.0 Å². The predicted octanol–water partition coefficient (Wildman–Crippen LogP) is 1.05. The van der Waals surface area contributed by atoms with Crippen molar-refractivity contribution in [3.05, 3.63) is 35.9 Å². The lowest BCUT2D eigenvalue weighted by atomic mass is 10.2. The van der Waals surface area contributed by atoms with Gasteiger partial charge < -0.3 is 29.4 Å². The zero-order chi connectivity index (χ0) is 17.5. The SMILES string of the molecule is O=C(O)COCCOCCOCCNC(=O)OCc1ccccc1. The molecular weight excluding hydrogens is 318 g/mol. The van der Waals surface area contributed by atoms with Crippen LogP contribution in [0.4, 0.5) is 4.79 Å². The van der Waals surface area contributed by atoms with Crippen molar-refractivity contribution in [2.75, 3.05) is 46.2 Å². The molecule has 0 radical (unpaired) electrons. The van der Waals surface area contributed by atoms with Gasteiger partial charge >= 0.3 is 12.1 Å². The normalized spacial score (nSPS) is 10.3. The molecule has 0 unspecified atom stereocenters. The number of aliphatic carboxylic acids is 1. The van der Waals surface area contributed by atoms with Crippen molar-refractivity contribution < 1.29 is 33.6 Å². The van der Waals surface area contributed by atoms with Gasteiger partial charge in [0, 0.05) is 6.54 Å². The lowest BCUT2D eigenvalue weighted by Gasteiger charge is -2.08. The largest absolute Gasteiger partial charge is 0.480 e. The van der Waals surface area contributed by atoms with Gasteiger partial charge in [-0.3, -0.25) is 0 Å². The van der Waals surface area contributed by atoms with Crippen LogP contribution in [0.2, 0.25) is 0 Å². The van der Waals surface area contributed by atoms with E-state index in [4.69, 9.17) is 24.1 Å². The van der Waals surface area contributed by atoms with Crippen molar-refractivity contribution in [3.8, 4) is 0 Å². The molecule has 1 rings (SSSR count). The van der Waals surface area contributed by atoms with Crippen LogP contribution in [0.1, 0.15) is 5.56 Å². The van der Waals surface area contributed by atoms with Crippen LogP contribution < -0.4 is 5.32 Å². The van der Waals surface area contributed by atoms with Crippen molar-refractivity contribution in [2.45, 2.75) is 6.61 Å². The zero-order valence-corrected chi connectivity index (χ0v) is 13.4. The van der Waals surface area contributed by atoms with Crippen molar-refractivity contribution in [2.24, 2.45) is 0 Å². The number of hydrogen-bond donors (Lipinski definition) is 2. The third-order valence-electron chi connectivity index (χ3n) is 2.70. The summed E-state index contributed by atoms with van der Waals surface area (Å²) in [5.74, 6) is -1.01. The van der Waals surface area contributed by atoms with E-state index < -0.39 is 12.1 Å². The quantitative estimate of drug-likeness (QED) is 0.517. The smallest absolute Gasteiger partial charge is 0.407 e. The number of carboxylic acids is 1. The molecule has 0 saturated carbocycles. The molecule has 24 heavy (non-hydrogen) atoms. The number of benzene rings is 1. The van der Waals surface area contributed by atoms with E-state index in [0.29, 0.717) is 33.0 Å². The van der Waals surface area contributed by atoms with Crippen molar-refractivity contribution >= 4 is 12.1 Å². The Morgan fingerprint density at radius 1 is 0.917 bits per heavy atom. The van der Waals surface area contributed by atoms with Gasteiger partial charge in [-0.15, -0.1) is 0 Å². The van der Waals surface area contributed by atoms with Gasteiger partial charge in [0.25, 0.3) is 0 Å². The molecule has 1 aromatic rings. The maximum absolute atomic E-state index is 11.4. The van der Waals surface area contributed by atoms with E-state index in [1.165, 1.54) is 0 Å². The second-order valence-corrected chi connectivity index (χ2v) is 4.66. The topological polar surface area (TPSA) is 103 Å². The Morgan fingerprint density at radius 2 is 1.54 bits per heavy atom. The highest BCUT2D eigenvalue weighted by atomic mass is 16.6. The summed E-state index contributed by atoms with van der Waals surface area (Å²) in [6.07, 6.45) is -0.491. The average molecular weight is 341 g/mol. The van der Waals surface area contributed by atoms with Crippen LogP contribution in [0, 0.1) is 0 Å². The Hall–Kier alpha value is -2.16. The van der Waals surface area contributed by atoms with E-state index in [1.54, 1.807) is 0 Å². The molecule has 2 N–H and O–H groups in total. The highest BCUT2D eigenvalue weighted by molar-refractivity contribution is 5.68. The van der Waals surface area contributed by atoms with Crippen molar-refractivity contribution in [1.82, 2.24) is 5.32 Å². The van der Waals surface area contributed by atoms with Gasteiger partial charge in [0.2, 0.25) is 0 Å². The molecule has 0 saturated heterocycles. The number of carboxylic acid groups (broad SMARTS) is 1. The summed E-state index contributed by atoms with van der Waals surface area (Å²) in [7, 11) is 0. The summed E-state index contributed by atoms with van der Waals surface area (Å²) in [5, 5.41) is 10.9. The first kappa shape index (κ1) is 19.9. The Kier molecular flexibility index (Phi) is 11.0. The minimum Gasteiger partial charge on any atom is -0.480 e. The minimum atomic E-state index is -1.01. The monoisotopic (exact) mass is 341 g/mol. The third kappa shape index (κ3) is 11.4. The Bertz CT molecular complexity index is 467. The van der Waals surface area contributed by atoms with Crippen molar-refractivity contribution in [3.63, 3.8) is 0 Å². The maximum Gasteiger partial charge on any atom is 0.407 e. The van der Waals surface area contributed by atoms with Gasteiger partial charge in [0.1, 0.15) is 13.2 Å². The van der Waals surface area contributed by atoms with E-state index in [0.717, 1.165) is 5.56 Å². The van der Waals surface area contributed by atoms with Gasteiger partial charge in [-0.05, 0) is 5.56 Å². The third-order valence-corrected chi connectivity index (χ3v) is 2.70. The number of hydrogen-bond acceptors (Lipinski definition) is 6. The van der Waals surface area contributed by atoms with Crippen LogP contribution in [0.3, 0.4) is 0 Å². The second kappa shape index (κ2) is 13.3. The van der Waals surface area contributed by atoms with Crippen LogP contribution in [-0.4, -0.2) is 63.4 Å². The summed E-state index contributed by atoms with van der Waals surface area (Å²) >= 11 is 0. The molecule has 1 aromatic carbocycles. The second-order valence-electron chi connectivity index (χ2n) is 4.66. The molecule has 0 spiro atoms. The van der Waals surface area contributed by atoms with Crippen LogP contribution in [-0.2, 0) is 30.3 Å². The van der Waals surface area contributed by atoms with E-state index >= 15 is 0 Å². The van der Waals surface area contributed by atoms with E-state index in [-0.39, 0.29) is 19.8 Å². The maximum atomic E-state index is 11.4. The molecule has 134 valence electrons. The summed E-state index contributed by atoms with van der Waals surface area (Å²) < 4.78 is 20.3. The van der Waals surface area contributed by atoms with Crippen LogP contribution in [0.25, 0.3) is 0 Å². The predicted molar refractivity (Wildman–Crippen MR) is 84.7 cm³/mol. The summed E-state index contributed by atoms with van der Waals surface area (Å²) in [5.41, 5.74) is 0.924.